The van der Waals surface area contributed by atoms with Crippen LogP contribution in [0.5, 0.6) is 5.75 Å². The second-order valence-corrected chi connectivity index (χ2v) is 8.71. The summed E-state index contributed by atoms with van der Waals surface area (Å²) in [6.45, 7) is 0.582. The van der Waals surface area contributed by atoms with Gasteiger partial charge in [-0.3, -0.25) is 9.59 Å². The number of carboxylic acids is 1. The predicted octanol–water partition coefficient (Wildman–Crippen LogP) is 3.21. The first-order chi connectivity index (χ1) is 15.0. The van der Waals surface area contributed by atoms with E-state index in [0.717, 1.165) is 63.4 Å². The molecule has 1 aliphatic heterocycles. The summed E-state index contributed by atoms with van der Waals surface area (Å²) >= 11 is 0. The SMILES string of the molecule is O=C1CCCCCCOc2cccc(c2)C[C@@H](C(=O)O)NC(=O)[C@H](C2CCCCC2)N1. The fourth-order valence-electron chi connectivity index (χ4n) is 4.50. The molecule has 2 atom stereocenters. The summed E-state index contributed by atoms with van der Waals surface area (Å²) in [6.07, 6.45) is 9.02. The Morgan fingerprint density at radius 3 is 2.48 bits per heavy atom. The van der Waals surface area contributed by atoms with Crippen LogP contribution in [0.15, 0.2) is 24.3 Å². The van der Waals surface area contributed by atoms with Gasteiger partial charge in [0.15, 0.2) is 0 Å². The van der Waals surface area contributed by atoms with Crippen molar-refractivity contribution in [1.82, 2.24) is 10.6 Å². The first kappa shape index (κ1) is 23.1. The Hall–Kier alpha value is -2.57. The van der Waals surface area contributed by atoms with Crippen molar-refractivity contribution in [3.05, 3.63) is 29.8 Å². The van der Waals surface area contributed by atoms with Crippen molar-refractivity contribution in [1.29, 1.82) is 0 Å². The van der Waals surface area contributed by atoms with E-state index < -0.39 is 24.0 Å². The van der Waals surface area contributed by atoms with Crippen LogP contribution in [0.25, 0.3) is 0 Å². The maximum atomic E-state index is 13.1. The lowest BCUT2D eigenvalue weighted by atomic mass is 9.83. The third-order valence-corrected chi connectivity index (χ3v) is 6.24. The van der Waals surface area contributed by atoms with Gasteiger partial charge in [0.25, 0.3) is 0 Å². The molecule has 7 nitrogen and oxygen atoms in total. The van der Waals surface area contributed by atoms with Crippen molar-refractivity contribution in [3.8, 4) is 5.75 Å². The molecule has 1 aliphatic carbocycles. The van der Waals surface area contributed by atoms with Gasteiger partial charge in [0.1, 0.15) is 17.8 Å². The Labute approximate surface area is 183 Å². The summed E-state index contributed by atoms with van der Waals surface area (Å²) in [6, 6.07) is 5.61. The largest absolute Gasteiger partial charge is 0.494 e. The zero-order valence-electron chi connectivity index (χ0n) is 18.1. The molecule has 0 saturated heterocycles. The van der Waals surface area contributed by atoms with Crippen molar-refractivity contribution in [2.24, 2.45) is 5.92 Å². The van der Waals surface area contributed by atoms with Gasteiger partial charge < -0.3 is 20.5 Å². The van der Waals surface area contributed by atoms with E-state index in [9.17, 15) is 19.5 Å². The Balaban J connectivity index is 1.80. The fraction of sp³-hybridized carbons (Fsp3) is 0.625. The van der Waals surface area contributed by atoms with E-state index in [1.54, 1.807) is 0 Å². The van der Waals surface area contributed by atoms with Crippen LogP contribution < -0.4 is 15.4 Å². The van der Waals surface area contributed by atoms with Crippen LogP contribution in [0.3, 0.4) is 0 Å². The molecule has 170 valence electrons. The first-order valence-electron chi connectivity index (χ1n) is 11.6. The minimum Gasteiger partial charge on any atom is -0.494 e. The summed E-state index contributed by atoms with van der Waals surface area (Å²) in [4.78, 5) is 37.6. The molecule has 2 amide bonds. The van der Waals surface area contributed by atoms with Crippen molar-refractivity contribution < 1.29 is 24.2 Å². The van der Waals surface area contributed by atoms with Crippen molar-refractivity contribution in [2.75, 3.05) is 6.61 Å². The van der Waals surface area contributed by atoms with Gasteiger partial charge in [-0.15, -0.1) is 0 Å². The van der Waals surface area contributed by atoms with E-state index in [-0.39, 0.29) is 18.2 Å². The molecule has 2 aliphatic rings. The molecule has 3 rings (SSSR count). The standard InChI is InChI=1S/C24H34N2O5/c27-21-13-6-1-2-7-14-31-19-12-8-9-17(15-19)16-20(24(29)30)25-23(28)22(26-21)18-10-4-3-5-11-18/h8-9,12,15,18,20,22H,1-7,10-11,13-14,16H2,(H,25,28)(H,26,27)(H,29,30)/t20-,22-/m0/s1. The Morgan fingerprint density at radius 2 is 1.71 bits per heavy atom. The van der Waals surface area contributed by atoms with E-state index >= 15 is 0 Å². The van der Waals surface area contributed by atoms with Crippen molar-refractivity contribution in [3.63, 3.8) is 0 Å². The highest BCUT2D eigenvalue weighted by atomic mass is 16.5. The lowest BCUT2D eigenvalue weighted by Crippen LogP contribution is -2.55. The lowest BCUT2D eigenvalue weighted by Gasteiger charge is -2.31. The molecule has 7 heteroatoms. The number of carbonyl (C=O) groups excluding carboxylic acids is 2. The average Bonchev–Trinajstić information content (AvgIpc) is 2.76. The van der Waals surface area contributed by atoms with Gasteiger partial charge in [0.05, 0.1) is 6.61 Å². The highest BCUT2D eigenvalue weighted by Crippen LogP contribution is 2.27. The van der Waals surface area contributed by atoms with Gasteiger partial charge >= 0.3 is 5.97 Å². The first-order valence-corrected chi connectivity index (χ1v) is 11.6. The van der Waals surface area contributed by atoms with Crippen LogP contribution in [0.1, 0.15) is 69.8 Å². The van der Waals surface area contributed by atoms with E-state index in [1.807, 2.05) is 24.3 Å². The number of benzene rings is 1. The maximum absolute atomic E-state index is 13.1. The molecule has 1 aromatic rings. The van der Waals surface area contributed by atoms with Gasteiger partial charge in [-0.05, 0) is 49.3 Å². The van der Waals surface area contributed by atoms with Crippen molar-refractivity contribution >= 4 is 17.8 Å². The topological polar surface area (TPSA) is 105 Å². The number of hydrogen-bond donors (Lipinski definition) is 3. The van der Waals surface area contributed by atoms with Gasteiger partial charge in [0, 0.05) is 12.8 Å². The van der Waals surface area contributed by atoms with Crippen LogP contribution in [0.4, 0.5) is 0 Å². The number of carboxylic acid groups (broad SMARTS) is 1. The zero-order valence-corrected chi connectivity index (χ0v) is 18.1. The molecule has 0 aromatic heterocycles. The predicted molar refractivity (Wildman–Crippen MR) is 117 cm³/mol. The molecule has 0 radical (unpaired) electrons. The van der Waals surface area contributed by atoms with Crippen LogP contribution in [-0.4, -0.2) is 41.6 Å². The summed E-state index contributed by atoms with van der Waals surface area (Å²) in [7, 11) is 0. The molecule has 1 heterocycles. The number of amides is 2. The molecule has 31 heavy (non-hydrogen) atoms. The van der Waals surface area contributed by atoms with E-state index in [4.69, 9.17) is 4.74 Å². The number of carbonyl (C=O) groups is 3. The molecule has 0 spiro atoms. The Bertz CT molecular complexity index is 760. The Kier molecular flexibility index (Phi) is 8.74. The minimum absolute atomic E-state index is 0.0472. The van der Waals surface area contributed by atoms with Crippen LogP contribution in [0, 0.1) is 5.92 Å². The number of nitrogens with one attached hydrogen (secondary N) is 2. The van der Waals surface area contributed by atoms with Gasteiger partial charge in [-0.25, -0.2) is 4.79 Å². The third-order valence-electron chi connectivity index (χ3n) is 6.24. The average molecular weight is 431 g/mol. The molecule has 1 aromatic carbocycles. The number of ether oxygens (including phenoxy) is 1. The number of aliphatic carboxylic acids is 1. The van der Waals surface area contributed by atoms with Crippen molar-refractivity contribution in [2.45, 2.75) is 82.7 Å². The molecule has 3 N–H and O–H groups in total. The molecular weight excluding hydrogens is 396 g/mol. The highest BCUT2D eigenvalue weighted by Gasteiger charge is 2.33. The highest BCUT2D eigenvalue weighted by molar-refractivity contribution is 5.90. The maximum Gasteiger partial charge on any atom is 0.326 e. The van der Waals surface area contributed by atoms with Crippen LogP contribution in [-0.2, 0) is 20.8 Å². The summed E-state index contributed by atoms with van der Waals surface area (Å²) in [5.41, 5.74) is 0.785. The zero-order chi connectivity index (χ0) is 22.1. The van der Waals surface area contributed by atoms with Gasteiger partial charge in [-0.1, -0.05) is 44.2 Å². The monoisotopic (exact) mass is 430 g/mol. The Morgan fingerprint density at radius 1 is 0.968 bits per heavy atom. The summed E-state index contributed by atoms with van der Waals surface area (Å²) in [5.74, 6) is -0.874. The second-order valence-electron chi connectivity index (χ2n) is 8.71. The minimum atomic E-state index is -1.09. The molecule has 1 fully saturated rings. The quantitative estimate of drug-likeness (QED) is 0.668. The molecule has 2 bridgehead atoms. The van der Waals surface area contributed by atoms with Gasteiger partial charge in [-0.2, -0.15) is 0 Å². The van der Waals surface area contributed by atoms with Gasteiger partial charge in [0.2, 0.25) is 11.8 Å². The smallest absolute Gasteiger partial charge is 0.326 e. The second kappa shape index (κ2) is 11.7. The molecule has 1 saturated carbocycles. The van der Waals surface area contributed by atoms with E-state index in [2.05, 4.69) is 10.6 Å². The lowest BCUT2D eigenvalue weighted by molar-refractivity contribution is -0.142. The van der Waals surface area contributed by atoms with Crippen LogP contribution in [0.2, 0.25) is 0 Å². The third kappa shape index (κ3) is 7.26. The fourth-order valence-corrected chi connectivity index (χ4v) is 4.50. The number of rotatable bonds is 2. The van der Waals surface area contributed by atoms with E-state index in [1.165, 1.54) is 0 Å². The molecular formula is C24H34N2O5. The summed E-state index contributed by atoms with van der Waals surface area (Å²) < 4.78 is 5.79. The summed E-state index contributed by atoms with van der Waals surface area (Å²) in [5, 5.41) is 15.3. The van der Waals surface area contributed by atoms with Crippen LogP contribution >= 0.6 is 0 Å². The molecule has 0 unspecified atom stereocenters. The number of hydrogen-bond acceptors (Lipinski definition) is 4. The normalized spacial score (nSPS) is 24.9. The number of fused-ring (bicyclic) bond motifs is 2. The van der Waals surface area contributed by atoms with E-state index in [0.29, 0.717) is 18.8 Å².